The fourth-order valence-corrected chi connectivity index (χ4v) is 8.56. The van der Waals surface area contributed by atoms with Gasteiger partial charge in [0.25, 0.3) is 0 Å². The van der Waals surface area contributed by atoms with Gasteiger partial charge in [-0.1, -0.05) is 30.3 Å². The maximum atomic E-state index is 13.2. The molecule has 1 saturated heterocycles. The van der Waals surface area contributed by atoms with Crippen LogP contribution < -0.4 is 14.8 Å². The van der Waals surface area contributed by atoms with Crippen molar-refractivity contribution in [1.29, 1.82) is 0 Å². The van der Waals surface area contributed by atoms with Crippen LogP contribution >= 0.6 is 27.3 Å². The summed E-state index contributed by atoms with van der Waals surface area (Å²) < 4.78 is 59.1. The van der Waals surface area contributed by atoms with Gasteiger partial charge in [0.15, 0.2) is 17.2 Å². The predicted molar refractivity (Wildman–Crippen MR) is 163 cm³/mol. The van der Waals surface area contributed by atoms with Crippen LogP contribution in [0.3, 0.4) is 0 Å². The normalized spacial score (nSPS) is 14.8. The Balaban J connectivity index is 1.43. The number of carboxylic acids is 2. The number of ether oxygens (including phenoxy) is 1. The van der Waals surface area contributed by atoms with Crippen LogP contribution in [0.2, 0.25) is 0 Å². The number of nitrogens with zero attached hydrogens (tertiary/aromatic N) is 1. The molecule has 0 amide bonds. The molecule has 42 heavy (non-hydrogen) atoms. The van der Waals surface area contributed by atoms with Gasteiger partial charge in [-0.3, -0.25) is 4.72 Å². The molecule has 4 N–H and O–H groups in total. The first kappa shape index (κ1) is 31.7. The molecule has 2 aromatic carbocycles. The van der Waals surface area contributed by atoms with E-state index >= 15 is 0 Å². The number of nitrogens with one attached hydrogen (secondary N) is 2. The number of halogens is 1. The second-order valence-electron chi connectivity index (χ2n) is 9.58. The Morgan fingerprint density at radius 1 is 1.07 bits per heavy atom. The number of hydrogen-bond acceptors (Lipinski definition) is 9. The minimum Gasteiger partial charge on any atom is -0.479 e. The number of para-hydroxylation sites is 1. The topological polar surface area (TPSA) is 179 Å². The number of aliphatic carboxylic acids is 1. The molecule has 0 aliphatic carbocycles. The Hall–Kier alpha value is -3.18. The highest BCUT2D eigenvalue weighted by Gasteiger charge is 2.29. The second kappa shape index (κ2) is 13.0. The van der Waals surface area contributed by atoms with Crippen molar-refractivity contribution in [2.75, 3.05) is 36.0 Å². The molecule has 226 valence electrons. The molecule has 1 fully saturated rings. The molecule has 0 spiro atoms. The van der Waals surface area contributed by atoms with Crippen LogP contribution in [0.4, 0.5) is 11.4 Å². The molecular formula is C26H28BrN3O9S3. The molecule has 1 aliphatic rings. The van der Waals surface area contributed by atoms with Gasteiger partial charge < -0.3 is 20.3 Å². The van der Waals surface area contributed by atoms with E-state index in [9.17, 15) is 31.5 Å². The lowest BCUT2D eigenvalue weighted by atomic mass is 10.1. The lowest BCUT2D eigenvalue weighted by Gasteiger charge is -2.32. The zero-order valence-corrected chi connectivity index (χ0v) is 26.3. The van der Waals surface area contributed by atoms with Crippen LogP contribution in [0, 0.1) is 0 Å². The number of anilines is 2. The van der Waals surface area contributed by atoms with E-state index in [-0.39, 0.29) is 41.2 Å². The quantitative estimate of drug-likeness (QED) is 0.215. The monoisotopic (exact) mass is 701 g/mol. The summed E-state index contributed by atoms with van der Waals surface area (Å²) in [6.45, 7) is -0.122. The minimum atomic E-state index is -3.71. The zero-order chi connectivity index (χ0) is 30.7. The molecule has 2 heterocycles. The van der Waals surface area contributed by atoms with Gasteiger partial charge in [-0.2, -0.15) is 0 Å². The van der Waals surface area contributed by atoms with Crippen LogP contribution in [0.15, 0.2) is 53.0 Å². The third-order valence-electron chi connectivity index (χ3n) is 6.34. The maximum absolute atomic E-state index is 13.2. The average Bonchev–Trinajstić information content (AvgIpc) is 3.24. The van der Waals surface area contributed by atoms with E-state index in [1.165, 1.54) is 10.4 Å². The fourth-order valence-electron chi connectivity index (χ4n) is 4.48. The average molecular weight is 703 g/mol. The second-order valence-corrected chi connectivity index (χ2v) is 15.1. The van der Waals surface area contributed by atoms with E-state index in [1.54, 1.807) is 30.3 Å². The third-order valence-corrected chi connectivity index (χ3v) is 11.0. The van der Waals surface area contributed by atoms with Gasteiger partial charge in [0, 0.05) is 24.8 Å². The first-order valence-corrected chi connectivity index (χ1v) is 17.6. The van der Waals surface area contributed by atoms with Crippen molar-refractivity contribution in [3.63, 3.8) is 0 Å². The minimum absolute atomic E-state index is 0.0262. The number of sulfonamides is 2. The molecular weight excluding hydrogens is 674 g/mol. The molecule has 1 aliphatic heterocycles. The summed E-state index contributed by atoms with van der Waals surface area (Å²) in [4.78, 5) is 23.1. The lowest BCUT2D eigenvalue weighted by molar-refractivity contribution is -0.139. The Bertz CT molecular complexity index is 1700. The summed E-state index contributed by atoms with van der Waals surface area (Å²) in [7, 11) is -7.28. The van der Waals surface area contributed by atoms with Crippen molar-refractivity contribution < 1.29 is 41.4 Å². The number of aromatic carboxylic acids is 1. The van der Waals surface area contributed by atoms with Crippen molar-refractivity contribution in [2.45, 2.75) is 24.6 Å². The molecule has 3 aromatic rings. The van der Waals surface area contributed by atoms with Crippen molar-refractivity contribution in [2.24, 2.45) is 0 Å². The zero-order valence-electron chi connectivity index (χ0n) is 22.2. The predicted octanol–water partition coefficient (Wildman–Crippen LogP) is 4.12. The summed E-state index contributed by atoms with van der Waals surface area (Å²) in [5.41, 5.74) is 2.03. The first-order chi connectivity index (χ1) is 19.7. The summed E-state index contributed by atoms with van der Waals surface area (Å²) >= 11 is 4.32. The smallest absolute Gasteiger partial charge is 0.349 e. The van der Waals surface area contributed by atoms with Crippen LogP contribution in [0.25, 0.3) is 10.4 Å². The van der Waals surface area contributed by atoms with Gasteiger partial charge in [-0.25, -0.2) is 30.7 Å². The van der Waals surface area contributed by atoms with Gasteiger partial charge in [-0.15, -0.1) is 11.3 Å². The highest BCUT2D eigenvalue weighted by Crippen LogP contribution is 2.46. The molecule has 0 atom stereocenters. The number of carbonyl (C=O) groups is 2. The SMILES string of the molecule is CS(=O)(=O)Nc1ccccc1CS(=O)(=O)N1CCC(Nc2cccc(-c3sc(C(=O)O)c(OCC(=O)O)c3Br)c2)CC1. The molecule has 1 aromatic heterocycles. The third kappa shape index (κ3) is 8.01. The molecule has 0 unspecified atom stereocenters. The molecule has 0 radical (unpaired) electrons. The molecule has 12 nitrogen and oxygen atoms in total. The summed E-state index contributed by atoms with van der Waals surface area (Å²) in [5, 5.41) is 21.9. The van der Waals surface area contributed by atoms with Crippen LogP contribution in [0.5, 0.6) is 5.75 Å². The van der Waals surface area contributed by atoms with Crippen molar-refractivity contribution in [3.8, 4) is 16.2 Å². The Labute approximate surface area is 255 Å². The largest absolute Gasteiger partial charge is 0.479 e. The number of hydrogen-bond donors (Lipinski definition) is 4. The number of piperidine rings is 1. The van der Waals surface area contributed by atoms with Crippen LogP contribution in [-0.4, -0.2) is 75.3 Å². The number of carboxylic acid groups (broad SMARTS) is 2. The summed E-state index contributed by atoms with van der Waals surface area (Å²) in [6.07, 6.45) is 2.07. The standard InChI is InChI=1S/C26H28BrN3O9S3/c1-41(35,36)29-20-8-3-2-5-17(20)15-42(37,38)30-11-9-18(10-12-30)28-19-7-4-6-16(13-19)24-22(27)23(39-14-21(31)32)25(40-24)26(33)34/h2-8,13,18,28-29H,9-12,14-15H2,1H3,(H,31,32)(H,33,34). The van der Waals surface area contributed by atoms with Crippen LogP contribution in [0.1, 0.15) is 28.1 Å². The number of thiophene rings is 1. The van der Waals surface area contributed by atoms with E-state index in [4.69, 9.17) is 9.84 Å². The summed E-state index contributed by atoms with van der Waals surface area (Å²) in [5.74, 6) is -2.85. The molecule has 0 bridgehead atoms. The molecule has 16 heteroatoms. The first-order valence-electron chi connectivity index (χ1n) is 12.5. The van der Waals surface area contributed by atoms with Gasteiger partial charge in [0.05, 0.1) is 27.0 Å². The maximum Gasteiger partial charge on any atom is 0.349 e. The van der Waals surface area contributed by atoms with E-state index < -0.39 is 38.6 Å². The van der Waals surface area contributed by atoms with Gasteiger partial charge in [0.1, 0.15) is 0 Å². The lowest BCUT2D eigenvalue weighted by Crippen LogP contribution is -2.42. The Morgan fingerprint density at radius 3 is 2.40 bits per heavy atom. The molecule has 0 saturated carbocycles. The van der Waals surface area contributed by atoms with Gasteiger partial charge >= 0.3 is 11.9 Å². The van der Waals surface area contributed by atoms with Gasteiger partial charge in [-0.05, 0) is 58.1 Å². The highest BCUT2D eigenvalue weighted by molar-refractivity contribution is 9.10. The van der Waals surface area contributed by atoms with Gasteiger partial charge in [0.2, 0.25) is 20.0 Å². The Kier molecular flexibility index (Phi) is 9.82. The van der Waals surface area contributed by atoms with Crippen molar-refractivity contribution in [3.05, 3.63) is 63.4 Å². The van der Waals surface area contributed by atoms with E-state index in [2.05, 4.69) is 26.0 Å². The fraction of sp³-hybridized carbons (Fsp3) is 0.308. The van der Waals surface area contributed by atoms with Crippen molar-refractivity contribution >= 4 is 70.6 Å². The van der Waals surface area contributed by atoms with Crippen molar-refractivity contribution in [1.82, 2.24) is 4.31 Å². The van der Waals surface area contributed by atoms with E-state index in [0.29, 0.717) is 33.3 Å². The highest BCUT2D eigenvalue weighted by atomic mass is 79.9. The van der Waals surface area contributed by atoms with E-state index in [0.717, 1.165) is 23.3 Å². The molecule has 4 rings (SSSR count). The summed E-state index contributed by atoms with van der Waals surface area (Å²) in [6, 6.07) is 13.6. The number of rotatable bonds is 12. The van der Waals surface area contributed by atoms with E-state index in [1.807, 2.05) is 12.1 Å². The Morgan fingerprint density at radius 2 is 1.76 bits per heavy atom. The number of benzene rings is 2. The van der Waals surface area contributed by atoms with Crippen LogP contribution in [-0.2, 0) is 30.6 Å².